The first-order valence-corrected chi connectivity index (χ1v) is 19.2. The molecule has 0 aromatic rings. The van der Waals surface area contributed by atoms with Crippen LogP contribution in [0.2, 0.25) is 0 Å². The number of esters is 3. The first kappa shape index (κ1) is 51.1. The minimum Gasteiger partial charge on any atom is -0.459 e. The minimum atomic E-state index is -1.24. The van der Waals surface area contributed by atoms with Crippen molar-refractivity contribution in [1.29, 1.82) is 0 Å². The van der Waals surface area contributed by atoms with Gasteiger partial charge in [-0.25, -0.2) is 0 Å². The number of aliphatic hydroxyl groups excluding tert-OH is 2. The molecule has 0 bridgehead atoms. The van der Waals surface area contributed by atoms with Crippen LogP contribution in [-0.2, 0) is 38.1 Å². The summed E-state index contributed by atoms with van der Waals surface area (Å²) >= 11 is 0. The van der Waals surface area contributed by atoms with E-state index >= 15 is 0 Å². The van der Waals surface area contributed by atoms with Gasteiger partial charge in [-0.15, -0.1) is 0 Å². The van der Waals surface area contributed by atoms with Crippen molar-refractivity contribution in [3.63, 3.8) is 0 Å². The second kappa shape index (κ2) is 23.2. The van der Waals surface area contributed by atoms with Gasteiger partial charge in [0.25, 0.3) is 0 Å². The maximum Gasteiger partial charge on any atom is 0.323 e. The Bertz CT molecular complexity index is 1050. The van der Waals surface area contributed by atoms with Crippen LogP contribution in [0.25, 0.3) is 0 Å². The van der Waals surface area contributed by atoms with Gasteiger partial charge in [-0.1, -0.05) is 0 Å². The molecule has 314 valence electrons. The average Bonchev–Trinajstić information content (AvgIpc) is 2.89. The number of hydrogen-bond acceptors (Lipinski definition) is 14. The second-order valence-corrected chi connectivity index (χ2v) is 18.6. The van der Waals surface area contributed by atoms with Crippen LogP contribution in [0.5, 0.6) is 0 Å². The van der Waals surface area contributed by atoms with E-state index in [2.05, 4.69) is 16.0 Å². The number of nitrogens with one attached hydrogen (secondary N) is 3. The summed E-state index contributed by atoms with van der Waals surface area (Å²) in [4.78, 5) is 40.8. The van der Waals surface area contributed by atoms with Gasteiger partial charge in [0.15, 0.2) is 12.6 Å². The zero-order valence-corrected chi connectivity index (χ0v) is 35.9. The van der Waals surface area contributed by atoms with Crippen molar-refractivity contribution in [2.75, 3.05) is 45.8 Å². The molecule has 4 unspecified atom stereocenters. The van der Waals surface area contributed by atoms with Crippen LogP contribution in [0.3, 0.4) is 0 Å². The van der Waals surface area contributed by atoms with Crippen LogP contribution in [0, 0.1) is 0 Å². The molecular weight excluding hydrogens is 684 g/mol. The van der Waals surface area contributed by atoms with Gasteiger partial charge < -0.3 is 44.5 Å². The van der Waals surface area contributed by atoms with E-state index in [1.807, 2.05) is 62.3 Å². The Morgan fingerprint density at radius 2 is 1.00 bits per heavy atom. The summed E-state index contributed by atoms with van der Waals surface area (Å²) in [5, 5.41) is 30.9. The average molecular weight is 763 g/mol. The zero-order valence-electron chi connectivity index (χ0n) is 35.9. The van der Waals surface area contributed by atoms with Crippen LogP contribution in [-0.4, -0.2) is 132 Å². The van der Waals surface area contributed by atoms with E-state index in [1.165, 1.54) is 0 Å². The molecule has 0 aromatic carbocycles. The molecule has 0 amide bonds. The summed E-state index contributed by atoms with van der Waals surface area (Å²) in [6.07, 6.45) is 0.831. The molecule has 5 N–H and O–H groups in total. The van der Waals surface area contributed by atoms with Crippen LogP contribution < -0.4 is 16.0 Å². The van der Waals surface area contributed by atoms with Crippen LogP contribution in [0.15, 0.2) is 0 Å². The third-order valence-corrected chi connectivity index (χ3v) is 6.86. The number of ether oxygens (including phenoxy) is 5. The molecule has 0 aromatic heterocycles. The summed E-state index contributed by atoms with van der Waals surface area (Å²) in [5.41, 5.74) is -3.23. The molecule has 14 heteroatoms. The van der Waals surface area contributed by atoms with Crippen molar-refractivity contribution in [3.8, 4) is 0 Å². The number of rotatable bonds is 24. The van der Waals surface area contributed by atoms with Gasteiger partial charge >= 0.3 is 17.9 Å². The van der Waals surface area contributed by atoms with Gasteiger partial charge in [-0.05, 0) is 162 Å². The molecule has 0 aliphatic carbocycles. The van der Waals surface area contributed by atoms with E-state index in [9.17, 15) is 24.6 Å². The first-order valence-electron chi connectivity index (χ1n) is 19.2. The lowest BCUT2D eigenvalue weighted by molar-refractivity contribution is -0.185. The third kappa shape index (κ3) is 30.0. The highest BCUT2D eigenvalue weighted by molar-refractivity contribution is 5.78. The largest absolute Gasteiger partial charge is 0.459 e. The molecule has 0 saturated carbocycles. The van der Waals surface area contributed by atoms with Gasteiger partial charge in [0.1, 0.15) is 28.9 Å². The normalized spacial score (nSPS) is 15.5. The molecule has 0 saturated heterocycles. The van der Waals surface area contributed by atoms with E-state index in [0.717, 1.165) is 25.9 Å². The number of carbonyl (C=O) groups is 3. The zero-order chi connectivity index (χ0) is 41.3. The Morgan fingerprint density at radius 3 is 1.47 bits per heavy atom. The Balaban J connectivity index is 5.08. The van der Waals surface area contributed by atoms with Gasteiger partial charge in [0.2, 0.25) is 0 Å². The third-order valence-electron chi connectivity index (χ3n) is 6.86. The van der Waals surface area contributed by atoms with Crippen molar-refractivity contribution in [3.05, 3.63) is 0 Å². The summed E-state index contributed by atoms with van der Waals surface area (Å²) in [5.74, 6) is -1.35. The van der Waals surface area contributed by atoms with Crippen molar-refractivity contribution >= 4 is 17.9 Å². The Hall–Kier alpha value is -1.91. The predicted octanol–water partition coefficient (Wildman–Crippen LogP) is 4.04. The highest BCUT2D eigenvalue weighted by atomic mass is 16.6. The van der Waals surface area contributed by atoms with Crippen molar-refractivity contribution in [2.24, 2.45) is 0 Å². The lowest BCUT2D eigenvalue weighted by Crippen LogP contribution is -2.51. The van der Waals surface area contributed by atoms with Crippen molar-refractivity contribution < 1.29 is 48.3 Å². The van der Waals surface area contributed by atoms with E-state index < -0.39 is 64.6 Å². The van der Waals surface area contributed by atoms with E-state index in [1.54, 1.807) is 46.4 Å². The summed E-state index contributed by atoms with van der Waals surface area (Å²) in [6, 6.07) is -1.38. The quantitative estimate of drug-likeness (QED) is 0.0412. The van der Waals surface area contributed by atoms with E-state index in [0.29, 0.717) is 32.4 Å². The fraction of sp³-hybridized carbons (Fsp3) is 0.923. The smallest absolute Gasteiger partial charge is 0.323 e. The van der Waals surface area contributed by atoms with E-state index in [4.69, 9.17) is 23.7 Å². The second-order valence-electron chi connectivity index (χ2n) is 18.6. The van der Waals surface area contributed by atoms with Crippen LogP contribution in [0.1, 0.15) is 136 Å². The Labute approximate surface area is 321 Å². The molecule has 0 fully saturated rings. The Kier molecular flexibility index (Phi) is 22.4. The fourth-order valence-electron chi connectivity index (χ4n) is 5.12. The number of nitrogens with zero attached hydrogens (tertiary/aromatic N) is 1. The summed E-state index contributed by atoms with van der Waals surface area (Å²) < 4.78 is 28.1. The molecular formula is C39H78N4O10. The molecule has 0 radical (unpaired) electrons. The van der Waals surface area contributed by atoms with Gasteiger partial charge in [0.05, 0.1) is 24.3 Å². The van der Waals surface area contributed by atoms with Crippen molar-refractivity contribution in [1.82, 2.24) is 20.9 Å². The molecule has 0 heterocycles. The number of aliphatic hydroxyl groups is 2. The van der Waals surface area contributed by atoms with Crippen LogP contribution in [0.4, 0.5) is 0 Å². The monoisotopic (exact) mass is 763 g/mol. The lowest BCUT2D eigenvalue weighted by Gasteiger charge is -2.35. The number of hydrogen-bond donors (Lipinski definition) is 5. The molecule has 0 aliphatic rings. The van der Waals surface area contributed by atoms with Gasteiger partial charge in [0, 0.05) is 6.54 Å². The molecule has 14 nitrogen and oxygen atoms in total. The molecule has 4 atom stereocenters. The predicted molar refractivity (Wildman–Crippen MR) is 207 cm³/mol. The topological polar surface area (TPSA) is 177 Å². The van der Waals surface area contributed by atoms with E-state index in [-0.39, 0.29) is 25.6 Å². The molecule has 0 aliphatic heterocycles. The Morgan fingerprint density at radius 1 is 0.566 bits per heavy atom. The van der Waals surface area contributed by atoms with Crippen molar-refractivity contribution in [2.45, 2.75) is 189 Å². The molecule has 0 rings (SSSR count). The highest BCUT2D eigenvalue weighted by Crippen LogP contribution is 2.19. The summed E-state index contributed by atoms with van der Waals surface area (Å²) in [6.45, 7) is 29.9. The standard InChI is InChI=1S/C39H78N4O10/c1-35(2,3)49-30(44)25-42-28(33(47)52-38(10,11)12)19-16-21-40-23-18-24-41-22-17-20-29(34(48)53-39(13,14)15)43(26-31(45)50-36(4,5)6)27-32(46)51-37(7,8)9/h28-31,40-42,44-45H,16-27H2,1-15H3. The maximum atomic E-state index is 13.5. The SMILES string of the molecule is CC(C)(C)OC(=O)CN(CC(O)OC(C)(C)C)C(CCCNCCCNCCCC(NCC(O)OC(C)(C)C)C(=O)OC(C)(C)C)C(=O)OC(C)(C)C. The lowest BCUT2D eigenvalue weighted by atomic mass is 10.1. The fourth-order valence-corrected chi connectivity index (χ4v) is 5.12. The minimum absolute atomic E-state index is 0.0817. The van der Waals surface area contributed by atoms with Gasteiger partial charge in [-0.3, -0.25) is 24.6 Å². The maximum absolute atomic E-state index is 13.5. The highest BCUT2D eigenvalue weighted by Gasteiger charge is 2.34. The number of carbonyl (C=O) groups excluding carboxylic acids is 3. The molecule has 53 heavy (non-hydrogen) atoms. The first-order chi connectivity index (χ1) is 24.0. The summed E-state index contributed by atoms with van der Waals surface area (Å²) in [7, 11) is 0. The molecule has 0 spiro atoms. The van der Waals surface area contributed by atoms with Crippen LogP contribution >= 0.6 is 0 Å². The van der Waals surface area contributed by atoms with Gasteiger partial charge in [-0.2, -0.15) is 0 Å².